The predicted molar refractivity (Wildman–Crippen MR) is 106 cm³/mol. The van der Waals surface area contributed by atoms with Gasteiger partial charge in [-0.25, -0.2) is 4.99 Å². The molecule has 0 aliphatic rings. The number of guanidine groups is 1. The molecule has 134 valence electrons. The highest BCUT2D eigenvalue weighted by molar-refractivity contribution is 6.32. The minimum absolute atomic E-state index is 0.318. The van der Waals surface area contributed by atoms with Crippen molar-refractivity contribution >= 4 is 23.2 Å². The molecule has 7 heteroatoms. The number of anilines is 1. The monoisotopic (exact) mass is 369 g/mol. The SMILES string of the molecule is COc1ccc(NC(N)=NCc2cccc(-c3cnn(C)c3)c2)cc1Cl. The van der Waals surface area contributed by atoms with Gasteiger partial charge in [-0.1, -0.05) is 29.8 Å². The van der Waals surface area contributed by atoms with Crippen LogP contribution in [0.5, 0.6) is 5.75 Å². The Morgan fingerprint density at radius 3 is 2.81 bits per heavy atom. The van der Waals surface area contributed by atoms with Crippen molar-refractivity contribution in [3.8, 4) is 16.9 Å². The quantitative estimate of drug-likeness (QED) is 0.531. The fraction of sp³-hybridized carbons (Fsp3) is 0.158. The number of halogens is 1. The molecule has 0 bridgehead atoms. The Hall–Kier alpha value is -2.99. The van der Waals surface area contributed by atoms with E-state index in [4.69, 9.17) is 22.1 Å². The number of rotatable bonds is 5. The van der Waals surface area contributed by atoms with Crippen molar-refractivity contribution in [3.63, 3.8) is 0 Å². The van der Waals surface area contributed by atoms with Crippen molar-refractivity contribution in [1.82, 2.24) is 9.78 Å². The molecule has 0 unspecified atom stereocenters. The van der Waals surface area contributed by atoms with E-state index in [2.05, 4.69) is 21.5 Å². The molecule has 1 heterocycles. The van der Waals surface area contributed by atoms with E-state index in [1.54, 1.807) is 23.9 Å². The second-order valence-electron chi connectivity index (χ2n) is 5.78. The molecule has 3 rings (SSSR count). The van der Waals surface area contributed by atoms with E-state index in [-0.39, 0.29) is 0 Å². The molecule has 0 aliphatic carbocycles. The van der Waals surface area contributed by atoms with Gasteiger partial charge in [0.2, 0.25) is 0 Å². The van der Waals surface area contributed by atoms with Gasteiger partial charge < -0.3 is 15.8 Å². The number of aliphatic imine (C=N–C) groups is 1. The molecule has 3 N–H and O–H groups in total. The Bertz CT molecular complexity index is 935. The minimum atomic E-state index is 0.318. The number of nitrogens with one attached hydrogen (secondary N) is 1. The molecule has 0 atom stereocenters. The topological polar surface area (TPSA) is 77.5 Å². The zero-order valence-electron chi connectivity index (χ0n) is 14.6. The van der Waals surface area contributed by atoms with Gasteiger partial charge in [0.15, 0.2) is 5.96 Å². The van der Waals surface area contributed by atoms with Crippen LogP contribution in [0, 0.1) is 0 Å². The molecule has 0 radical (unpaired) electrons. The standard InChI is InChI=1S/C19H20ClN5O/c1-25-12-15(11-23-25)14-5-3-4-13(8-14)10-22-19(21)24-16-6-7-18(26-2)17(20)9-16/h3-9,11-12H,10H2,1-2H3,(H3,21,22,24). The smallest absolute Gasteiger partial charge is 0.193 e. The summed E-state index contributed by atoms with van der Waals surface area (Å²) >= 11 is 6.11. The maximum atomic E-state index is 6.11. The van der Waals surface area contributed by atoms with E-state index in [0.29, 0.717) is 23.3 Å². The fourth-order valence-electron chi connectivity index (χ4n) is 2.53. The first-order chi connectivity index (χ1) is 12.5. The predicted octanol–water partition coefficient (Wildman–Crippen LogP) is 3.68. The zero-order valence-corrected chi connectivity index (χ0v) is 15.4. The molecule has 0 spiro atoms. The second kappa shape index (κ2) is 7.93. The van der Waals surface area contributed by atoms with Crippen molar-refractivity contribution in [2.24, 2.45) is 17.8 Å². The van der Waals surface area contributed by atoms with Crippen LogP contribution >= 0.6 is 11.6 Å². The van der Waals surface area contributed by atoms with E-state index >= 15 is 0 Å². The Kier molecular flexibility index (Phi) is 5.43. The van der Waals surface area contributed by atoms with Crippen LogP contribution in [0.4, 0.5) is 5.69 Å². The van der Waals surface area contributed by atoms with Crippen LogP contribution in [0.1, 0.15) is 5.56 Å². The Morgan fingerprint density at radius 2 is 2.12 bits per heavy atom. The van der Waals surface area contributed by atoms with Crippen LogP contribution in [0.2, 0.25) is 5.02 Å². The van der Waals surface area contributed by atoms with E-state index in [9.17, 15) is 0 Å². The number of benzene rings is 2. The summed E-state index contributed by atoms with van der Waals surface area (Å²) < 4.78 is 6.91. The third kappa shape index (κ3) is 4.34. The molecule has 0 saturated carbocycles. The molecule has 0 fully saturated rings. The molecule has 0 amide bonds. The summed E-state index contributed by atoms with van der Waals surface area (Å²) in [6.07, 6.45) is 3.82. The third-order valence-electron chi connectivity index (χ3n) is 3.82. The Morgan fingerprint density at radius 1 is 1.27 bits per heavy atom. The van der Waals surface area contributed by atoms with E-state index in [1.807, 2.05) is 43.7 Å². The summed E-state index contributed by atoms with van der Waals surface area (Å²) in [5.41, 5.74) is 9.95. The number of nitrogens with zero attached hydrogens (tertiary/aromatic N) is 3. The summed E-state index contributed by atoms with van der Waals surface area (Å²) in [7, 11) is 3.47. The van der Waals surface area contributed by atoms with Crippen LogP contribution in [-0.4, -0.2) is 22.8 Å². The van der Waals surface area contributed by atoms with Crippen molar-refractivity contribution in [2.45, 2.75) is 6.54 Å². The van der Waals surface area contributed by atoms with Crippen molar-refractivity contribution in [3.05, 3.63) is 65.4 Å². The molecule has 26 heavy (non-hydrogen) atoms. The first kappa shape index (κ1) is 17.8. The Labute approximate surface area is 157 Å². The first-order valence-electron chi connectivity index (χ1n) is 8.03. The lowest BCUT2D eigenvalue weighted by molar-refractivity contribution is 0.415. The van der Waals surface area contributed by atoms with E-state index in [1.165, 1.54) is 0 Å². The van der Waals surface area contributed by atoms with E-state index in [0.717, 1.165) is 22.4 Å². The van der Waals surface area contributed by atoms with Crippen molar-refractivity contribution in [1.29, 1.82) is 0 Å². The van der Waals surface area contributed by atoms with Gasteiger partial charge in [-0.05, 0) is 35.4 Å². The number of hydrogen-bond acceptors (Lipinski definition) is 3. The second-order valence-corrected chi connectivity index (χ2v) is 6.19. The van der Waals surface area contributed by atoms with Gasteiger partial charge in [-0.3, -0.25) is 4.68 Å². The van der Waals surface area contributed by atoms with Gasteiger partial charge in [0, 0.05) is 24.5 Å². The molecule has 0 saturated heterocycles. The highest BCUT2D eigenvalue weighted by Gasteiger charge is 2.04. The lowest BCUT2D eigenvalue weighted by atomic mass is 10.1. The molecular weight excluding hydrogens is 350 g/mol. The average Bonchev–Trinajstić information content (AvgIpc) is 3.07. The lowest BCUT2D eigenvalue weighted by Gasteiger charge is -2.08. The van der Waals surface area contributed by atoms with Gasteiger partial charge in [-0.2, -0.15) is 5.10 Å². The zero-order chi connectivity index (χ0) is 18.5. The molecule has 1 aromatic heterocycles. The summed E-state index contributed by atoms with van der Waals surface area (Å²) in [4.78, 5) is 4.39. The number of hydrogen-bond donors (Lipinski definition) is 2. The average molecular weight is 370 g/mol. The third-order valence-corrected chi connectivity index (χ3v) is 4.12. The highest BCUT2D eigenvalue weighted by Crippen LogP contribution is 2.27. The summed E-state index contributed by atoms with van der Waals surface area (Å²) in [5, 5.41) is 7.74. The minimum Gasteiger partial charge on any atom is -0.495 e. The van der Waals surface area contributed by atoms with Crippen LogP contribution in [0.3, 0.4) is 0 Å². The fourth-order valence-corrected chi connectivity index (χ4v) is 2.79. The number of aryl methyl sites for hydroxylation is 1. The molecule has 2 aromatic carbocycles. The number of nitrogens with two attached hydrogens (primary N) is 1. The van der Waals surface area contributed by atoms with Gasteiger partial charge in [0.25, 0.3) is 0 Å². The lowest BCUT2D eigenvalue weighted by Crippen LogP contribution is -2.22. The molecular formula is C19H20ClN5O. The van der Waals surface area contributed by atoms with Crippen LogP contribution in [0.25, 0.3) is 11.1 Å². The van der Waals surface area contributed by atoms with E-state index < -0.39 is 0 Å². The molecule has 6 nitrogen and oxygen atoms in total. The molecule has 0 aliphatic heterocycles. The van der Waals surface area contributed by atoms with Crippen LogP contribution in [-0.2, 0) is 13.6 Å². The van der Waals surface area contributed by atoms with Gasteiger partial charge in [0.1, 0.15) is 5.75 Å². The highest BCUT2D eigenvalue weighted by atomic mass is 35.5. The maximum absolute atomic E-state index is 6.11. The number of aromatic nitrogens is 2. The van der Waals surface area contributed by atoms with Crippen LogP contribution < -0.4 is 15.8 Å². The van der Waals surface area contributed by atoms with Crippen molar-refractivity contribution in [2.75, 3.05) is 12.4 Å². The Balaban J connectivity index is 1.68. The summed E-state index contributed by atoms with van der Waals surface area (Å²) in [5.74, 6) is 0.929. The summed E-state index contributed by atoms with van der Waals surface area (Å²) in [6.45, 7) is 0.469. The largest absolute Gasteiger partial charge is 0.495 e. The van der Waals surface area contributed by atoms with Crippen molar-refractivity contribution < 1.29 is 4.74 Å². The van der Waals surface area contributed by atoms with Gasteiger partial charge in [0.05, 0.1) is 24.9 Å². The maximum Gasteiger partial charge on any atom is 0.193 e. The van der Waals surface area contributed by atoms with Crippen LogP contribution in [0.15, 0.2) is 59.9 Å². The van der Waals surface area contributed by atoms with Gasteiger partial charge >= 0.3 is 0 Å². The normalized spacial score (nSPS) is 11.4. The molecule has 3 aromatic rings. The summed E-state index contributed by atoms with van der Waals surface area (Å²) in [6, 6.07) is 13.5. The number of methoxy groups -OCH3 is 1. The van der Waals surface area contributed by atoms with Gasteiger partial charge in [-0.15, -0.1) is 0 Å². The first-order valence-corrected chi connectivity index (χ1v) is 8.41. The number of ether oxygens (including phenoxy) is 1.